The number of hydrogen-bond acceptors (Lipinski definition) is 4. The van der Waals surface area contributed by atoms with Crippen LogP contribution >= 0.6 is 0 Å². The summed E-state index contributed by atoms with van der Waals surface area (Å²) in [6.07, 6.45) is 7.72. The summed E-state index contributed by atoms with van der Waals surface area (Å²) in [5.74, 6) is 0. The molecule has 3 saturated heterocycles. The first kappa shape index (κ1) is 24.8. The maximum atomic E-state index is 9.13. The quantitative estimate of drug-likeness (QED) is 0.535. The molecule has 3 aliphatic rings. The van der Waals surface area contributed by atoms with Crippen molar-refractivity contribution in [3.63, 3.8) is 0 Å². The van der Waals surface area contributed by atoms with Gasteiger partial charge in [0.25, 0.3) is 0 Å². The molecule has 0 aromatic rings. The molecule has 3 heterocycles. The minimum Gasteiger partial charge on any atom is -0.389 e. The zero-order valence-electron chi connectivity index (χ0n) is 16.9. The average molecular weight is 358 g/mol. The molecule has 3 aliphatic heterocycles. The van der Waals surface area contributed by atoms with E-state index in [9.17, 15) is 0 Å². The van der Waals surface area contributed by atoms with E-state index in [2.05, 4.69) is 43.6 Å². The highest BCUT2D eigenvalue weighted by Crippen LogP contribution is 2.27. The molecule has 0 amide bonds. The fourth-order valence-electron chi connectivity index (χ4n) is 3.38. The van der Waals surface area contributed by atoms with Gasteiger partial charge in [-0.25, -0.2) is 0 Å². The molecule has 4 nitrogen and oxygen atoms in total. The monoisotopic (exact) mass is 357 g/mol. The molecule has 1 unspecified atom stereocenters. The maximum Gasteiger partial charge on any atom is 0.0755 e. The van der Waals surface area contributed by atoms with Gasteiger partial charge in [0.15, 0.2) is 0 Å². The van der Waals surface area contributed by atoms with Crippen LogP contribution in [0.5, 0.6) is 0 Å². The van der Waals surface area contributed by atoms with Crippen LogP contribution < -0.4 is 16.0 Å². The fraction of sp³-hybridized carbons (Fsp3) is 1.00. The predicted octanol–water partition coefficient (Wildman–Crippen LogP) is 3.55. The molecule has 0 spiro atoms. The van der Waals surface area contributed by atoms with Crippen LogP contribution in [0.25, 0.3) is 0 Å². The average Bonchev–Trinajstić information content (AvgIpc) is 2.76. The van der Waals surface area contributed by atoms with E-state index in [0.717, 1.165) is 19.5 Å². The predicted molar refractivity (Wildman–Crippen MR) is 111 cm³/mol. The van der Waals surface area contributed by atoms with Crippen molar-refractivity contribution in [1.82, 2.24) is 16.0 Å². The third-order valence-electron chi connectivity index (χ3n) is 5.34. The number of piperidine rings is 1. The smallest absolute Gasteiger partial charge is 0.0755 e. The Morgan fingerprint density at radius 2 is 1.12 bits per heavy atom. The molecule has 1 atom stereocenters. The first-order valence-electron chi connectivity index (χ1n) is 9.97. The van der Waals surface area contributed by atoms with E-state index in [0.29, 0.717) is 10.8 Å². The number of β-amino-alcohol motifs (C(OH)–C–C–N with tert-alkyl or cyclic N) is 1. The summed E-state index contributed by atoms with van der Waals surface area (Å²) in [7, 11) is 0. The van der Waals surface area contributed by atoms with Crippen LogP contribution in [0.3, 0.4) is 0 Å². The number of nitrogens with one attached hydrogen (secondary N) is 3. The molecule has 25 heavy (non-hydrogen) atoms. The lowest BCUT2D eigenvalue weighted by Crippen LogP contribution is -2.35. The Kier molecular flexibility index (Phi) is 11.5. The number of aliphatic hydroxyl groups is 1. The van der Waals surface area contributed by atoms with Gasteiger partial charge in [-0.15, -0.1) is 0 Å². The van der Waals surface area contributed by atoms with Crippen LogP contribution in [-0.4, -0.2) is 50.0 Å². The molecule has 3 fully saturated rings. The van der Waals surface area contributed by atoms with Crippen LogP contribution in [0, 0.1) is 10.8 Å². The van der Waals surface area contributed by atoms with Crippen molar-refractivity contribution < 1.29 is 5.11 Å². The third kappa shape index (κ3) is 12.8. The van der Waals surface area contributed by atoms with Crippen LogP contribution in [0.15, 0.2) is 0 Å². The summed E-state index contributed by atoms with van der Waals surface area (Å²) < 4.78 is 0. The molecule has 0 bridgehead atoms. The molecule has 0 radical (unpaired) electrons. The second-order valence-electron chi connectivity index (χ2n) is 9.64. The molecule has 4 N–H and O–H groups in total. The minimum absolute atomic E-state index is 0. The zero-order valence-corrected chi connectivity index (χ0v) is 16.9. The van der Waals surface area contributed by atoms with Crippen molar-refractivity contribution in [2.24, 2.45) is 10.8 Å². The number of rotatable bonds is 0. The lowest BCUT2D eigenvalue weighted by Gasteiger charge is -2.29. The summed E-state index contributed by atoms with van der Waals surface area (Å²) in [6, 6.07) is 0. The molecule has 3 rings (SSSR count). The van der Waals surface area contributed by atoms with E-state index in [1.54, 1.807) is 0 Å². The highest BCUT2D eigenvalue weighted by molar-refractivity contribution is 4.82. The van der Waals surface area contributed by atoms with Gasteiger partial charge in [-0.2, -0.15) is 0 Å². The van der Waals surface area contributed by atoms with E-state index < -0.39 is 5.60 Å². The molecule has 0 aromatic heterocycles. The molecule has 152 valence electrons. The van der Waals surface area contributed by atoms with Crippen LogP contribution in [0.4, 0.5) is 0 Å². The van der Waals surface area contributed by atoms with E-state index in [1.807, 2.05) is 6.92 Å². The standard InChI is InChI=1S/C8H17N.C7H15N.C5H11NO.CH4/c1-8(2)4-3-6-9-7-5-8;1-7(2)4-3-5-8-6-7;1-5(7)2-3-6-4-5;/h9H,3-7H2,1-2H3;8H,3-6H2,1-2H3;6-7H,2-4H2,1H3;1H4. The molecular formula is C21H47N3O. The van der Waals surface area contributed by atoms with Gasteiger partial charge in [0.05, 0.1) is 5.60 Å². The van der Waals surface area contributed by atoms with Crippen molar-refractivity contribution in [3.05, 3.63) is 0 Å². The van der Waals surface area contributed by atoms with E-state index in [-0.39, 0.29) is 7.43 Å². The second kappa shape index (κ2) is 11.5. The van der Waals surface area contributed by atoms with Gasteiger partial charge in [-0.1, -0.05) is 35.1 Å². The summed E-state index contributed by atoms with van der Waals surface area (Å²) >= 11 is 0. The summed E-state index contributed by atoms with van der Waals surface area (Å²) in [5.41, 5.74) is 0.752. The fourth-order valence-corrected chi connectivity index (χ4v) is 3.38. The highest BCUT2D eigenvalue weighted by atomic mass is 16.3. The molecule has 0 aromatic carbocycles. The SMILES string of the molecule is C.CC1(C)CCCNC1.CC1(C)CCCNCC1.CC1(O)CCNC1. The Bertz CT molecular complexity index is 314. The van der Waals surface area contributed by atoms with Crippen LogP contribution in [0.2, 0.25) is 0 Å². The van der Waals surface area contributed by atoms with Gasteiger partial charge in [0.2, 0.25) is 0 Å². The van der Waals surface area contributed by atoms with Gasteiger partial charge >= 0.3 is 0 Å². The lowest BCUT2D eigenvalue weighted by molar-refractivity contribution is 0.0820. The Labute approximate surface area is 157 Å². The van der Waals surface area contributed by atoms with Gasteiger partial charge in [-0.3, -0.25) is 0 Å². The molecule has 0 saturated carbocycles. The lowest BCUT2D eigenvalue weighted by atomic mass is 9.85. The number of hydrogen-bond donors (Lipinski definition) is 4. The van der Waals surface area contributed by atoms with Gasteiger partial charge in [-0.05, 0) is 82.5 Å². The van der Waals surface area contributed by atoms with Crippen molar-refractivity contribution in [2.75, 3.05) is 39.3 Å². The topological polar surface area (TPSA) is 56.3 Å². The first-order valence-corrected chi connectivity index (χ1v) is 9.97. The highest BCUT2D eigenvalue weighted by Gasteiger charge is 2.24. The Balaban J connectivity index is 0.000000341. The second-order valence-corrected chi connectivity index (χ2v) is 9.64. The summed E-state index contributed by atoms with van der Waals surface area (Å²) in [6.45, 7) is 17.8. The van der Waals surface area contributed by atoms with Crippen molar-refractivity contribution >= 4 is 0 Å². The van der Waals surface area contributed by atoms with Crippen LogP contribution in [0.1, 0.15) is 80.6 Å². The Morgan fingerprint density at radius 1 is 0.600 bits per heavy atom. The summed E-state index contributed by atoms with van der Waals surface area (Å²) in [4.78, 5) is 0. The Hall–Kier alpha value is -0.160. The van der Waals surface area contributed by atoms with E-state index in [1.165, 1.54) is 58.3 Å². The minimum atomic E-state index is -0.417. The van der Waals surface area contributed by atoms with Gasteiger partial charge in [0.1, 0.15) is 0 Å². The molecular weight excluding hydrogens is 310 g/mol. The largest absolute Gasteiger partial charge is 0.389 e. The van der Waals surface area contributed by atoms with Gasteiger partial charge < -0.3 is 21.1 Å². The summed E-state index contributed by atoms with van der Waals surface area (Å²) in [5, 5.41) is 19.0. The van der Waals surface area contributed by atoms with Crippen molar-refractivity contribution in [3.8, 4) is 0 Å². The van der Waals surface area contributed by atoms with Crippen molar-refractivity contribution in [2.45, 2.75) is 86.2 Å². The van der Waals surface area contributed by atoms with E-state index in [4.69, 9.17) is 5.11 Å². The first-order chi connectivity index (χ1) is 11.1. The Morgan fingerprint density at radius 3 is 1.48 bits per heavy atom. The van der Waals surface area contributed by atoms with E-state index >= 15 is 0 Å². The zero-order chi connectivity index (χ0) is 18.1. The maximum absolute atomic E-state index is 9.13. The normalized spacial score (nSPS) is 30.5. The molecule has 0 aliphatic carbocycles. The third-order valence-corrected chi connectivity index (χ3v) is 5.34. The van der Waals surface area contributed by atoms with Crippen molar-refractivity contribution in [1.29, 1.82) is 0 Å². The van der Waals surface area contributed by atoms with Crippen LogP contribution in [-0.2, 0) is 0 Å². The molecule has 4 heteroatoms. The van der Waals surface area contributed by atoms with Gasteiger partial charge in [0, 0.05) is 13.1 Å².